The van der Waals surface area contributed by atoms with Crippen LogP contribution in [0.5, 0.6) is 0 Å². The van der Waals surface area contributed by atoms with Gasteiger partial charge in [0.05, 0.1) is 17.4 Å². The van der Waals surface area contributed by atoms with Crippen LogP contribution in [0.15, 0.2) is 18.3 Å². The largest absolute Gasteiger partial charge is 0.375 e. The third-order valence-corrected chi connectivity index (χ3v) is 4.68. The second-order valence-electron chi connectivity index (χ2n) is 7.04. The topological polar surface area (TPSA) is 73.1 Å². The van der Waals surface area contributed by atoms with Crippen LogP contribution in [0.4, 0.5) is 0 Å². The highest BCUT2D eigenvalue weighted by Crippen LogP contribution is 2.31. The van der Waals surface area contributed by atoms with Crippen molar-refractivity contribution in [1.29, 1.82) is 0 Å². The molecule has 140 valence electrons. The Kier molecular flexibility index (Phi) is 5.66. The van der Waals surface area contributed by atoms with Gasteiger partial charge in [-0.25, -0.2) is 9.97 Å². The normalized spacial score (nSPS) is 17.7. The highest BCUT2D eigenvalue weighted by Gasteiger charge is 2.30. The third kappa shape index (κ3) is 3.77. The van der Waals surface area contributed by atoms with Crippen LogP contribution in [-0.4, -0.2) is 50.8 Å². The van der Waals surface area contributed by atoms with Crippen molar-refractivity contribution in [1.82, 2.24) is 24.6 Å². The van der Waals surface area contributed by atoms with Crippen molar-refractivity contribution in [2.75, 3.05) is 20.3 Å². The molecule has 26 heavy (non-hydrogen) atoms. The number of likely N-dealkylation sites (tertiary alicyclic amines) is 1. The molecule has 2 aromatic rings. The number of methoxy groups -OCH3 is 1. The van der Waals surface area contributed by atoms with Gasteiger partial charge in [-0.3, -0.25) is 9.48 Å². The molecule has 7 heteroatoms. The fourth-order valence-corrected chi connectivity index (χ4v) is 3.51. The van der Waals surface area contributed by atoms with E-state index in [4.69, 9.17) is 9.72 Å². The Balaban J connectivity index is 1.98. The fourth-order valence-electron chi connectivity index (χ4n) is 3.51. The van der Waals surface area contributed by atoms with Crippen molar-refractivity contribution >= 4 is 5.91 Å². The standard InChI is InChI=1S/C19H27N5O2/c1-13(2)24-16(8-9-20-24)15-11-14(3)21-19(22-15)17-7-5-6-10-23(17)18(25)12-26-4/h8-9,11,13,17H,5-7,10,12H2,1-4H3. The van der Waals surface area contributed by atoms with Gasteiger partial charge in [-0.05, 0) is 52.2 Å². The molecule has 3 rings (SSSR count). The first kappa shape index (κ1) is 18.5. The van der Waals surface area contributed by atoms with Gasteiger partial charge in [0.1, 0.15) is 6.61 Å². The Morgan fingerprint density at radius 1 is 1.35 bits per heavy atom. The number of amides is 1. The van der Waals surface area contributed by atoms with Gasteiger partial charge in [0, 0.05) is 31.6 Å². The van der Waals surface area contributed by atoms with E-state index < -0.39 is 0 Å². The number of carbonyl (C=O) groups is 1. The van der Waals surface area contributed by atoms with E-state index in [1.165, 1.54) is 0 Å². The molecule has 1 amide bonds. The SMILES string of the molecule is COCC(=O)N1CCCCC1c1nc(C)cc(-c2ccnn2C(C)C)n1. The van der Waals surface area contributed by atoms with Crippen LogP contribution in [0.1, 0.15) is 56.7 Å². The number of rotatable bonds is 5. The van der Waals surface area contributed by atoms with E-state index in [0.717, 1.165) is 42.9 Å². The van der Waals surface area contributed by atoms with Crippen LogP contribution < -0.4 is 0 Å². The van der Waals surface area contributed by atoms with Crippen LogP contribution in [0.25, 0.3) is 11.4 Å². The van der Waals surface area contributed by atoms with Crippen LogP contribution in [0.2, 0.25) is 0 Å². The monoisotopic (exact) mass is 357 g/mol. The molecule has 0 bridgehead atoms. The number of carbonyl (C=O) groups excluding carboxylic acids is 1. The van der Waals surface area contributed by atoms with E-state index in [9.17, 15) is 4.79 Å². The summed E-state index contributed by atoms with van der Waals surface area (Å²) in [6, 6.07) is 4.10. The third-order valence-electron chi connectivity index (χ3n) is 4.68. The molecule has 7 nitrogen and oxygen atoms in total. The highest BCUT2D eigenvalue weighted by atomic mass is 16.5. The quantitative estimate of drug-likeness (QED) is 0.822. The molecule has 0 N–H and O–H groups in total. The average molecular weight is 357 g/mol. The van der Waals surface area contributed by atoms with Gasteiger partial charge in [0.15, 0.2) is 5.82 Å². The summed E-state index contributed by atoms with van der Waals surface area (Å²) in [6.45, 7) is 6.98. The zero-order valence-corrected chi connectivity index (χ0v) is 16.0. The smallest absolute Gasteiger partial charge is 0.249 e. The van der Waals surface area contributed by atoms with Crippen molar-refractivity contribution in [3.63, 3.8) is 0 Å². The van der Waals surface area contributed by atoms with E-state index in [1.807, 2.05) is 28.6 Å². The number of aryl methyl sites for hydroxylation is 1. The number of aromatic nitrogens is 4. The van der Waals surface area contributed by atoms with Crippen molar-refractivity contribution in [3.05, 3.63) is 29.8 Å². The van der Waals surface area contributed by atoms with Gasteiger partial charge in [-0.15, -0.1) is 0 Å². The molecule has 1 fully saturated rings. The van der Waals surface area contributed by atoms with Crippen molar-refractivity contribution < 1.29 is 9.53 Å². The van der Waals surface area contributed by atoms with Crippen LogP contribution in [-0.2, 0) is 9.53 Å². The second kappa shape index (κ2) is 7.95. The average Bonchev–Trinajstić information content (AvgIpc) is 3.11. The molecule has 3 heterocycles. The number of hydrogen-bond donors (Lipinski definition) is 0. The van der Waals surface area contributed by atoms with Gasteiger partial charge in [0.2, 0.25) is 5.91 Å². The Labute approximate surface area is 154 Å². The molecule has 0 radical (unpaired) electrons. The molecule has 0 aliphatic carbocycles. The lowest BCUT2D eigenvalue weighted by Gasteiger charge is -2.34. The van der Waals surface area contributed by atoms with Crippen molar-refractivity contribution in [2.24, 2.45) is 0 Å². The molecule has 2 aromatic heterocycles. The first-order valence-electron chi connectivity index (χ1n) is 9.19. The minimum atomic E-state index is -0.0968. The first-order chi connectivity index (χ1) is 12.5. The lowest BCUT2D eigenvalue weighted by molar-refractivity contribution is -0.139. The molecule has 1 unspecified atom stereocenters. The van der Waals surface area contributed by atoms with E-state index in [1.54, 1.807) is 13.3 Å². The Morgan fingerprint density at radius 3 is 2.88 bits per heavy atom. The molecular weight excluding hydrogens is 330 g/mol. The molecule has 1 aliphatic rings. The Bertz CT molecular complexity index is 771. The molecule has 0 spiro atoms. The summed E-state index contributed by atoms with van der Waals surface area (Å²) in [5.74, 6) is 0.705. The molecule has 1 atom stereocenters. The molecule has 1 aliphatic heterocycles. The zero-order valence-electron chi connectivity index (χ0n) is 16.0. The van der Waals surface area contributed by atoms with Gasteiger partial charge in [-0.2, -0.15) is 5.10 Å². The summed E-state index contributed by atoms with van der Waals surface area (Å²) in [5.41, 5.74) is 2.71. The number of piperidine rings is 1. The molecule has 1 saturated heterocycles. The molecule has 0 saturated carbocycles. The number of hydrogen-bond acceptors (Lipinski definition) is 5. The van der Waals surface area contributed by atoms with Crippen LogP contribution in [0.3, 0.4) is 0 Å². The summed E-state index contributed by atoms with van der Waals surface area (Å²) in [7, 11) is 1.55. The van der Waals surface area contributed by atoms with Crippen molar-refractivity contribution in [2.45, 2.75) is 52.1 Å². The van der Waals surface area contributed by atoms with E-state index in [-0.39, 0.29) is 24.6 Å². The highest BCUT2D eigenvalue weighted by molar-refractivity contribution is 5.78. The molecule has 0 aromatic carbocycles. The first-order valence-corrected chi connectivity index (χ1v) is 9.19. The Hall–Kier alpha value is -2.28. The van der Waals surface area contributed by atoms with Crippen LogP contribution >= 0.6 is 0 Å². The van der Waals surface area contributed by atoms with Gasteiger partial charge < -0.3 is 9.64 Å². The fraction of sp³-hybridized carbons (Fsp3) is 0.579. The molecular formula is C19H27N5O2. The Morgan fingerprint density at radius 2 is 2.15 bits per heavy atom. The predicted molar refractivity (Wildman–Crippen MR) is 98.6 cm³/mol. The van der Waals surface area contributed by atoms with Gasteiger partial charge in [0.25, 0.3) is 0 Å². The van der Waals surface area contributed by atoms with Gasteiger partial charge >= 0.3 is 0 Å². The number of ether oxygens (including phenoxy) is 1. The summed E-state index contributed by atoms with van der Waals surface area (Å²) < 4.78 is 7.00. The summed E-state index contributed by atoms with van der Waals surface area (Å²) in [4.78, 5) is 23.8. The van der Waals surface area contributed by atoms with E-state index >= 15 is 0 Å². The lowest BCUT2D eigenvalue weighted by Crippen LogP contribution is -2.41. The predicted octanol–water partition coefficient (Wildman–Crippen LogP) is 2.93. The minimum absolute atomic E-state index is 0.00363. The maximum Gasteiger partial charge on any atom is 0.249 e. The summed E-state index contributed by atoms with van der Waals surface area (Å²) in [6.07, 6.45) is 4.74. The van der Waals surface area contributed by atoms with E-state index in [0.29, 0.717) is 5.82 Å². The second-order valence-corrected chi connectivity index (χ2v) is 7.04. The minimum Gasteiger partial charge on any atom is -0.375 e. The zero-order chi connectivity index (χ0) is 18.7. The summed E-state index contributed by atoms with van der Waals surface area (Å²) in [5, 5.41) is 4.41. The summed E-state index contributed by atoms with van der Waals surface area (Å²) >= 11 is 0. The van der Waals surface area contributed by atoms with Crippen molar-refractivity contribution in [3.8, 4) is 11.4 Å². The van der Waals surface area contributed by atoms with Gasteiger partial charge in [-0.1, -0.05) is 0 Å². The lowest BCUT2D eigenvalue weighted by atomic mass is 10.0. The number of nitrogens with zero attached hydrogens (tertiary/aromatic N) is 5. The van der Waals surface area contributed by atoms with E-state index in [2.05, 4.69) is 23.9 Å². The van der Waals surface area contributed by atoms with Crippen LogP contribution in [0, 0.1) is 6.92 Å². The maximum atomic E-state index is 12.5. The maximum absolute atomic E-state index is 12.5.